The molecule has 4 heteroatoms. The molecule has 0 aromatic heterocycles. The predicted octanol–water partition coefficient (Wildman–Crippen LogP) is 3.53. The quantitative estimate of drug-likeness (QED) is 0.742. The number of para-hydroxylation sites is 2. The Bertz CT molecular complexity index is 739. The van der Waals surface area contributed by atoms with Crippen molar-refractivity contribution in [3.63, 3.8) is 0 Å². The number of hydrogen-bond donors (Lipinski definition) is 0. The van der Waals surface area contributed by atoms with Crippen molar-refractivity contribution in [1.29, 1.82) is 0 Å². The van der Waals surface area contributed by atoms with Crippen molar-refractivity contribution in [2.75, 3.05) is 16.6 Å². The molecular weight excluding hydrogens is 284 g/mol. The summed E-state index contributed by atoms with van der Waals surface area (Å²) in [5, 5.41) is 4.34. The third kappa shape index (κ3) is 1.55. The molecule has 2 aliphatic heterocycles. The summed E-state index contributed by atoms with van der Waals surface area (Å²) >= 11 is 11.1. The lowest BCUT2D eigenvalue weighted by molar-refractivity contribution is 0.877. The third-order valence-corrected chi connectivity index (χ3v) is 4.79. The maximum Gasteiger partial charge on any atom is 0.145 e. The van der Waals surface area contributed by atoms with Crippen molar-refractivity contribution in [1.82, 2.24) is 0 Å². The van der Waals surface area contributed by atoms with E-state index in [4.69, 9.17) is 24.4 Å². The summed E-state index contributed by atoms with van der Waals surface area (Å²) in [5.74, 6) is 0. The minimum Gasteiger partial charge on any atom is -0.279 e. The Morgan fingerprint density at radius 1 is 0.850 bits per heavy atom. The number of thiocarbonyl (C=S) groups is 2. The van der Waals surface area contributed by atoms with Crippen LogP contribution in [0, 0.1) is 0 Å². The highest BCUT2D eigenvalue weighted by Crippen LogP contribution is 2.37. The van der Waals surface area contributed by atoms with Crippen molar-refractivity contribution in [2.45, 2.75) is 6.42 Å². The lowest BCUT2D eigenvalue weighted by atomic mass is 10.2. The second-order valence-electron chi connectivity index (χ2n) is 4.97. The number of nitrogens with zero attached hydrogens (tertiary/aromatic N) is 2. The highest BCUT2D eigenvalue weighted by Gasteiger charge is 2.35. The molecule has 2 heterocycles. The Labute approximate surface area is 128 Å². The van der Waals surface area contributed by atoms with E-state index in [2.05, 4.69) is 40.3 Å². The lowest BCUT2D eigenvalue weighted by Gasteiger charge is -2.32. The Morgan fingerprint density at radius 3 is 2.40 bits per heavy atom. The first-order valence-electron chi connectivity index (χ1n) is 6.60. The van der Waals surface area contributed by atoms with Gasteiger partial charge in [0.25, 0.3) is 0 Å². The second-order valence-corrected chi connectivity index (χ2v) is 5.76. The summed E-state index contributed by atoms with van der Waals surface area (Å²) in [4.78, 5) is 1.51. The molecule has 2 aliphatic rings. The molecule has 4 rings (SSSR count). The smallest absolute Gasteiger partial charge is 0.145 e. The minimum absolute atomic E-state index is 0.734. The zero-order valence-electron chi connectivity index (χ0n) is 10.7. The Kier molecular flexibility index (Phi) is 2.62. The van der Waals surface area contributed by atoms with E-state index in [1.165, 1.54) is 11.3 Å². The molecule has 0 amide bonds. The molecule has 0 aliphatic carbocycles. The van der Waals surface area contributed by atoms with Crippen LogP contribution >= 0.6 is 24.4 Å². The van der Waals surface area contributed by atoms with Crippen molar-refractivity contribution < 1.29 is 0 Å². The fourth-order valence-corrected chi connectivity index (χ4v) is 3.51. The molecule has 2 aromatic carbocycles. The van der Waals surface area contributed by atoms with Crippen molar-refractivity contribution in [3.8, 4) is 0 Å². The van der Waals surface area contributed by atoms with Crippen LogP contribution in [0.4, 0.5) is 11.4 Å². The molecule has 2 aromatic rings. The molecule has 0 spiro atoms. The van der Waals surface area contributed by atoms with Gasteiger partial charge in [0.05, 0.1) is 16.2 Å². The van der Waals surface area contributed by atoms with Gasteiger partial charge in [0.2, 0.25) is 0 Å². The van der Waals surface area contributed by atoms with Gasteiger partial charge in [-0.15, -0.1) is 0 Å². The molecule has 0 saturated heterocycles. The fourth-order valence-electron chi connectivity index (χ4n) is 2.94. The molecule has 0 unspecified atom stereocenters. The summed E-state index contributed by atoms with van der Waals surface area (Å²) < 4.78 is 0. The van der Waals surface area contributed by atoms with Crippen LogP contribution in [0.15, 0.2) is 48.5 Å². The van der Waals surface area contributed by atoms with E-state index in [0.29, 0.717) is 0 Å². The van der Waals surface area contributed by atoms with Gasteiger partial charge in [0.15, 0.2) is 0 Å². The molecule has 0 atom stereocenters. The van der Waals surface area contributed by atoms with Gasteiger partial charge >= 0.3 is 0 Å². The van der Waals surface area contributed by atoms with Gasteiger partial charge in [-0.1, -0.05) is 60.8 Å². The number of hydrazine groups is 1. The topological polar surface area (TPSA) is 6.48 Å². The standard InChI is InChI=1S/C16H12N2S2/c19-15-12-6-2-4-8-14(12)18(16(15)20)17-10-9-11-5-1-3-7-13(11)17/h1-8H,9-10H2. The zero-order valence-corrected chi connectivity index (χ0v) is 12.4. The van der Waals surface area contributed by atoms with E-state index in [0.717, 1.165) is 34.1 Å². The van der Waals surface area contributed by atoms with Gasteiger partial charge < -0.3 is 0 Å². The largest absolute Gasteiger partial charge is 0.279 e. The fraction of sp³-hybridized carbons (Fsp3) is 0.125. The van der Waals surface area contributed by atoms with Crippen LogP contribution in [-0.2, 0) is 6.42 Å². The van der Waals surface area contributed by atoms with Gasteiger partial charge in [-0.2, -0.15) is 0 Å². The first-order chi connectivity index (χ1) is 9.77. The number of benzene rings is 2. The van der Waals surface area contributed by atoms with Crippen molar-refractivity contribution in [3.05, 3.63) is 59.7 Å². The number of hydrogen-bond acceptors (Lipinski definition) is 3. The van der Waals surface area contributed by atoms with Gasteiger partial charge in [0.1, 0.15) is 4.99 Å². The summed E-state index contributed by atoms with van der Waals surface area (Å²) in [7, 11) is 0. The van der Waals surface area contributed by atoms with Gasteiger partial charge in [0, 0.05) is 12.1 Å². The Balaban J connectivity index is 1.85. The SMILES string of the molecule is S=C1C(=S)N(N2CCc3ccccc32)c2ccccc21. The summed E-state index contributed by atoms with van der Waals surface area (Å²) in [6, 6.07) is 16.7. The van der Waals surface area contributed by atoms with E-state index >= 15 is 0 Å². The molecule has 0 N–H and O–H groups in total. The van der Waals surface area contributed by atoms with Crippen molar-refractivity contribution in [2.24, 2.45) is 0 Å². The highest BCUT2D eigenvalue weighted by molar-refractivity contribution is 7.90. The van der Waals surface area contributed by atoms with E-state index in [1.54, 1.807) is 0 Å². The number of fused-ring (bicyclic) bond motifs is 2. The first-order valence-corrected chi connectivity index (χ1v) is 7.42. The van der Waals surface area contributed by atoms with Crippen molar-refractivity contribution >= 4 is 45.7 Å². The summed E-state index contributed by atoms with van der Waals surface area (Å²) in [6.45, 7) is 0.941. The molecule has 0 radical (unpaired) electrons. The summed E-state index contributed by atoms with van der Waals surface area (Å²) in [6.07, 6.45) is 1.05. The molecule has 0 saturated carbocycles. The predicted molar refractivity (Wildman–Crippen MR) is 90.7 cm³/mol. The normalized spacial score (nSPS) is 16.6. The maximum absolute atomic E-state index is 5.58. The monoisotopic (exact) mass is 296 g/mol. The van der Waals surface area contributed by atoms with Gasteiger partial charge in [-0.3, -0.25) is 5.01 Å². The molecule has 2 nitrogen and oxygen atoms in total. The number of rotatable bonds is 1. The van der Waals surface area contributed by atoms with E-state index < -0.39 is 0 Å². The van der Waals surface area contributed by atoms with Crippen LogP contribution in [0.1, 0.15) is 11.1 Å². The molecule has 0 bridgehead atoms. The second kappa shape index (κ2) is 4.36. The Morgan fingerprint density at radius 2 is 1.55 bits per heavy atom. The van der Waals surface area contributed by atoms with Crippen LogP contribution in [0.3, 0.4) is 0 Å². The molecule has 0 fully saturated rings. The minimum atomic E-state index is 0.734. The molecular formula is C16H12N2S2. The summed E-state index contributed by atoms with van der Waals surface area (Å²) in [5.41, 5.74) is 4.76. The average Bonchev–Trinajstić information content (AvgIpc) is 3.01. The first kappa shape index (κ1) is 12.0. The highest BCUT2D eigenvalue weighted by atomic mass is 32.1. The third-order valence-electron chi connectivity index (χ3n) is 3.87. The average molecular weight is 296 g/mol. The van der Waals surface area contributed by atoms with Crippen LogP contribution in [0.5, 0.6) is 0 Å². The van der Waals surface area contributed by atoms with Crippen LogP contribution in [0.2, 0.25) is 0 Å². The molecule has 98 valence electrons. The Hall–Kier alpha value is -1.78. The zero-order chi connectivity index (χ0) is 13.7. The van der Waals surface area contributed by atoms with E-state index in [9.17, 15) is 0 Å². The van der Waals surface area contributed by atoms with Gasteiger partial charge in [-0.05, 0) is 24.1 Å². The van der Waals surface area contributed by atoms with Crippen LogP contribution in [-0.4, -0.2) is 16.4 Å². The lowest BCUT2D eigenvalue weighted by Crippen LogP contribution is -2.44. The molecule has 20 heavy (non-hydrogen) atoms. The van der Waals surface area contributed by atoms with Gasteiger partial charge in [-0.25, -0.2) is 5.01 Å². The maximum atomic E-state index is 5.58. The van der Waals surface area contributed by atoms with E-state index in [-0.39, 0.29) is 0 Å². The number of anilines is 2. The van der Waals surface area contributed by atoms with Crippen LogP contribution in [0.25, 0.3) is 0 Å². The van der Waals surface area contributed by atoms with E-state index in [1.807, 2.05) is 18.2 Å². The van der Waals surface area contributed by atoms with Crippen LogP contribution < -0.4 is 10.0 Å².